The Kier molecular flexibility index (Phi) is 5.91. The number of nitrogens with zero attached hydrogens (tertiary/aromatic N) is 3. The molecule has 0 fully saturated rings. The van der Waals surface area contributed by atoms with E-state index in [4.69, 9.17) is 21.1 Å². The molecule has 3 aromatic carbocycles. The molecule has 0 aliphatic carbocycles. The quantitative estimate of drug-likeness (QED) is 0.338. The minimum atomic E-state index is -0.452. The highest BCUT2D eigenvalue weighted by Gasteiger charge is 2.36. The van der Waals surface area contributed by atoms with Crippen LogP contribution in [0.1, 0.15) is 41.1 Å². The van der Waals surface area contributed by atoms with E-state index < -0.39 is 6.04 Å². The van der Waals surface area contributed by atoms with Crippen LogP contribution in [0.2, 0.25) is 5.02 Å². The molecule has 2 heterocycles. The summed E-state index contributed by atoms with van der Waals surface area (Å²) in [5.74, 6) is 0.844. The van der Waals surface area contributed by atoms with Gasteiger partial charge < -0.3 is 9.84 Å². The molecule has 5 rings (SSSR count). The predicted molar refractivity (Wildman–Crippen MR) is 138 cm³/mol. The Morgan fingerprint density at radius 3 is 2.23 bits per heavy atom. The molecule has 1 atom stereocenters. The van der Waals surface area contributed by atoms with E-state index in [9.17, 15) is 4.79 Å². The summed E-state index contributed by atoms with van der Waals surface area (Å²) in [6.07, 6.45) is 0. The van der Waals surface area contributed by atoms with Crippen LogP contribution in [0.3, 0.4) is 0 Å². The first kappa shape index (κ1) is 22.9. The molecule has 2 amide bonds. The summed E-state index contributed by atoms with van der Waals surface area (Å²) in [5.41, 5.74) is 7.09. The van der Waals surface area contributed by atoms with Gasteiger partial charge in [0.25, 0.3) is 5.89 Å². The first-order valence-electron chi connectivity index (χ1n) is 11.4. The Bertz CT molecular complexity index is 1440. The number of urea groups is 1. The zero-order valence-electron chi connectivity index (χ0n) is 20.0. The van der Waals surface area contributed by atoms with Crippen LogP contribution in [0, 0.1) is 20.8 Å². The fourth-order valence-electron chi connectivity index (χ4n) is 4.21. The molecule has 7 heteroatoms. The molecule has 0 spiro atoms. The lowest BCUT2D eigenvalue weighted by molar-refractivity contribution is 0.244. The van der Waals surface area contributed by atoms with Crippen LogP contribution in [0.4, 0.5) is 10.5 Å². The monoisotopic (exact) mass is 484 g/mol. The van der Waals surface area contributed by atoms with Gasteiger partial charge in [-0.2, -0.15) is 4.98 Å². The van der Waals surface area contributed by atoms with Gasteiger partial charge in [-0.3, -0.25) is 4.90 Å². The minimum Gasteiger partial charge on any atom is -0.334 e. The van der Waals surface area contributed by atoms with Crippen LogP contribution in [0.5, 0.6) is 0 Å². The van der Waals surface area contributed by atoms with E-state index in [0.29, 0.717) is 28.1 Å². The number of anilines is 1. The van der Waals surface area contributed by atoms with Gasteiger partial charge in [0, 0.05) is 16.3 Å². The fraction of sp³-hybridized carbons (Fsp3) is 0.179. The van der Waals surface area contributed by atoms with Crippen molar-refractivity contribution >= 4 is 28.9 Å². The van der Waals surface area contributed by atoms with Gasteiger partial charge in [0.2, 0.25) is 5.82 Å². The van der Waals surface area contributed by atoms with E-state index in [2.05, 4.69) is 10.5 Å². The Morgan fingerprint density at radius 2 is 1.57 bits per heavy atom. The first-order valence-corrected chi connectivity index (χ1v) is 11.7. The van der Waals surface area contributed by atoms with E-state index in [1.807, 2.05) is 88.4 Å². The number of rotatable bonds is 4. The third-order valence-corrected chi connectivity index (χ3v) is 6.68. The van der Waals surface area contributed by atoms with E-state index in [1.54, 1.807) is 11.0 Å². The number of aryl methyl sites for hydroxylation is 3. The van der Waals surface area contributed by atoms with Crippen molar-refractivity contribution < 1.29 is 9.32 Å². The number of nitrogens with one attached hydrogen (secondary N) is 1. The maximum Gasteiger partial charge on any atom is 0.326 e. The number of aromatic nitrogens is 2. The van der Waals surface area contributed by atoms with Crippen molar-refractivity contribution in [2.75, 3.05) is 4.90 Å². The molecule has 0 saturated heterocycles. The molecule has 4 aromatic rings. The first-order chi connectivity index (χ1) is 16.8. The van der Waals surface area contributed by atoms with Crippen LogP contribution in [-0.4, -0.2) is 16.2 Å². The number of halogens is 1. The molecule has 1 aliphatic rings. The number of hydrogen-bond acceptors (Lipinski definition) is 4. The lowest BCUT2D eigenvalue weighted by Gasteiger charge is -2.35. The molecule has 0 saturated carbocycles. The smallest absolute Gasteiger partial charge is 0.326 e. The standard InChI is InChI=1S/C28H25ClN4O2/c1-16-5-10-20(11-6-16)25-24(27-31-26(32-35-27)21-12-7-17(2)8-13-21)19(4)33(28(34)30-25)22-14-9-18(3)23(29)15-22/h5-15,25H,1-4H3,(H,30,34). The second-order valence-corrected chi connectivity index (χ2v) is 9.26. The van der Waals surface area contributed by atoms with Gasteiger partial charge in [-0.05, 0) is 51.0 Å². The highest BCUT2D eigenvalue weighted by Crippen LogP contribution is 2.39. The van der Waals surface area contributed by atoms with Crippen molar-refractivity contribution in [2.24, 2.45) is 0 Å². The van der Waals surface area contributed by atoms with Gasteiger partial charge in [-0.25, -0.2) is 4.79 Å². The van der Waals surface area contributed by atoms with E-state index >= 15 is 0 Å². The summed E-state index contributed by atoms with van der Waals surface area (Å²) in [7, 11) is 0. The number of benzene rings is 3. The van der Waals surface area contributed by atoms with Crippen LogP contribution in [-0.2, 0) is 0 Å². The van der Waals surface area contributed by atoms with E-state index in [1.165, 1.54) is 0 Å². The molecule has 1 aliphatic heterocycles. The van der Waals surface area contributed by atoms with Gasteiger partial charge in [-0.15, -0.1) is 0 Å². The lowest BCUT2D eigenvalue weighted by Crippen LogP contribution is -2.46. The number of allylic oxidation sites excluding steroid dienone is 1. The van der Waals surface area contributed by atoms with Crippen molar-refractivity contribution in [1.29, 1.82) is 0 Å². The van der Waals surface area contributed by atoms with Crippen LogP contribution >= 0.6 is 11.6 Å². The molecule has 1 unspecified atom stereocenters. The van der Waals surface area contributed by atoms with Gasteiger partial charge in [0.1, 0.15) is 0 Å². The van der Waals surface area contributed by atoms with Gasteiger partial charge in [0.05, 0.1) is 17.3 Å². The average Bonchev–Trinajstić information content (AvgIpc) is 3.31. The van der Waals surface area contributed by atoms with Crippen molar-refractivity contribution in [3.8, 4) is 11.4 Å². The van der Waals surface area contributed by atoms with Crippen molar-refractivity contribution in [1.82, 2.24) is 15.5 Å². The maximum atomic E-state index is 13.4. The molecule has 0 radical (unpaired) electrons. The molecule has 6 nitrogen and oxygen atoms in total. The Morgan fingerprint density at radius 1 is 0.914 bits per heavy atom. The maximum absolute atomic E-state index is 13.4. The number of hydrogen-bond donors (Lipinski definition) is 1. The summed E-state index contributed by atoms with van der Waals surface area (Å²) in [4.78, 5) is 19.7. The largest absolute Gasteiger partial charge is 0.334 e. The Hall–Kier alpha value is -3.90. The SMILES string of the molecule is CC1=C(c2nc(-c3ccc(C)cc3)no2)C(c2ccc(C)cc2)NC(=O)N1c1ccc(C)c(Cl)c1. The highest BCUT2D eigenvalue weighted by molar-refractivity contribution is 6.31. The lowest BCUT2D eigenvalue weighted by atomic mass is 9.94. The van der Waals surface area contributed by atoms with Crippen LogP contribution in [0.25, 0.3) is 17.0 Å². The third kappa shape index (κ3) is 4.33. The molecule has 1 N–H and O–H groups in total. The normalized spacial score (nSPS) is 16.0. The van der Waals surface area contributed by atoms with Gasteiger partial charge in [-0.1, -0.05) is 82.5 Å². The minimum absolute atomic E-state index is 0.255. The molecular formula is C28H25ClN4O2. The van der Waals surface area contributed by atoms with E-state index in [0.717, 1.165) is 33.4 Å². The Labute approximate surface area is 209 Å². The van der Waals surface area contributed by atoms with Crippen molar-refractivity contribution in [2.45, 2.75) is 33.7 Å². The third-order valence-electron chi connectivity index (χ3n) is 6.28. The van der Waals surface area contributed by atoms with Gasteiger partial charge >= 0.3 is 6.03 Å². The van der Waals surface area contributed by atoms with Gasteiger partial charge in [0.15, 0.2) is 0 Å². The topological polar surface area (TPSA) is 71.3 Å². The molecule has 176 valence electrons. The molecular weight excluding hydrogens is 460 g/mol. The van der Waals surface area contributed by atoms with Crippen molar-refractivity contribution in [3.05, 3.63) is 106 Å². The summed E-state index contributed by atoms with van der Waals surface area (Å²) in [5, 5.41) is 7.95. The second-order valence-electron chi connectivity index (χ2n) is 8.85. The van der Waals surface area contributed by atoms with Crippen LogP contribution in [0.15, 0.2) is 77.0 Å². The number of amides is 2. The molecule has 35 heavy (non-hydrogen) atoms. The van der Waals surface area contributed by atoms with Crippen molar-refractivity contribution in [3.63, 3.8) is 0 Å². The number of carbonyl (C=O) groups excluding carboxylic acids is 1. The summed E-state index contributed by atoms with van der Waals surface area (Å²) in [6, 6.07) is 20.8. The highest BCUT2D eigenvalue weighted by atomic mass is 35.5. The van der Waals surface area contributed by atoms with E-state index in [-0.39, 0.29) is 6.03 Å². The predicted octanol–water partition coefficient (Wildman–Crippen LogP) is 7.02. The fourth-order valence-corrected chi connectivity index (χ4v) is 4.39. The zero-order valence-corrected chi connectivity index (χ0v) is 20.7. The number of carbonyl (C=O) groups is 1. The zero-order chi connectivity index (χ0) is 24.7. The van der Waals surface area contributed by atoms with Crippen LogP contribution < -0.4 is 10.2 Å². The molecule has 1 aromatic heterocycles. The average molecular weight is 485 g/mol. The second kappa shape index (κ2) is 9.04. The Balaban J connectivity index is 1.65. The molecule has 0 bridgehead atoms. The summed E-state index contributed by atoms with van der Waals surface area (Å²) < 4.78 is 5.77. The summed E-state index contributed by atoms with van der Waals surface area (Å²) >= 11 is 6.39. The summed E-state index contributed by atoms with van der Waals surface area (Å²) in [6.45, 7) is 7.87.